The first-order chi connectivity index (χ1) is 52.8. The molecule has 0 aliphatic heterocycles. The molecule has 3 fully saturated rings. The number of aliphatic hydroxyl groups excluding tert-OH is 1. The minimum absolute atomic E-state index is 0.00700. The zero-order valence-corrected chi connectivity index (χ0v) is 62.4. The van der Waals surface area contributed by atoms with Crippen molar-refractivity contribution >= 4 is 79.9 Å². The van der Waals surface area contributed by atoms with Gasteiger partial charge in [-0.25, -0.2) is 14.4 Å². The number of phenols is 1. The predicted molar refractivity (Wildman–Crippen MR) is 395 cm³/mol. The molecular formula is C74H65Cl4F9N12O13. The molecule has 38 heteroatoms. The number of ether oxygens (including phenoxy) is 5. The number of aromatic nitrogens is 12. The third-order valence-electron chi connectivity index (χ3n) is 18.6. The standard InChI is InChI=1S/C25H22ClF3N4O4.C24H20ClF3N4O5.C18H18Cl2N4O2.C7H5F3O2/c1-14-10-17(11-14)33-22(34)20-21(31(2)24(33)35)30-23(32(20)13-15-6-8-16(26)9-7-15)36-18-4-3-5-19(12-18)37-25(27,28)29;1-30-20-19(21(34)32(23(30)35)15-9-16(33)10-15)31(12-13-5-7-14(25)8-6-13)22(29-20)36-17-3-2-4-18(11-17)37-24(26,27)28;1-10-7-13(8-10)24-16(25)14-15(22(2)18(24)26)21-17(20)23(14)9-11-3-5-12(19)6-4-11;8-7(9,10)12-6-3-1-2-5(11)4-6/h3-9,12,14,17H,10-11,13H2,1-2H3;2-8,11,15-16,33H,9-10,12H2,1H3;3-6,10,13H,7-9H2,1-2H3;1-4,11H. The second kappa shape index (κ2) is 32.4. The lowest BCUT2D eigenvalue weighted by atomic mass is 9.82. The number of phenolic OH excluding ortho intramolecular Hbond substituents is 1. The minimum Gasteiger partial charge on any atom is -0.508 e. The molecule has 590 valence electrons. The van der Waals surface area contributed by atoms with Crippen molar-refractivity contribution in [1.82, 2.24) is 56.1 Å². The Morgan fingerprint density at radius 3 is 1.03 bits per heavy atom. The molecule has 15 rings (SSSR count). The average Bonchev–Trinajstić information content (AvgIpc) is 1.55. The van der Waals surface area contributed by atoms with Gasteiger partial charge in [-0.1, -0.05) is 103 Å². The molecule has 112 heavy (non-hydrogen) atoms. The maximum atomic E-state index is 13.7. The van der Waals surface area contributed by atoms with E-state index in [0.717, 1.165) is 70.5 Å². The van der Waals surface area contributed by atoms with E-state index in [1.54, 1.807) is 72.3 Å². The number of fused-ring (bicyclic) bond motifs is 3. The maximum Gasteiger partial charge on any atom is 0.573 e. The summed E-state index contributed by atoms with van der Waals surface area (Å²) in [5.41, 5.74) is 0.577. The third kappa shape index (κ3) is 18.3. The Hall–Kier alpha value is -10.9. The molecule has 25 nitrogen and oxygen atoms in total. The molecule has 3 aliphatic carbocycles. The quantitative estimate of drug-likeness (QED) is 0.0672. The van der Waals surface area contributed by atoms with E-state index in [9.17, 15) is 73.4 Å². The summed E-state index contributed by atoms with van der Waals surface area (Å²) in [4.78, 5) is 92.2. The molecule has 12 aromatic rings. The van der Waals surface area contributed by atoms with Crippen LogP contribution in [0.15, 0.2) is 174 Å². The van der Waals surface area contributed by atoms with E-state index < -0.39 is 71.0 Å². The highest BCUT2D eigenvalue weighted by atomic mass is 35.5. The molecule has 0 amide bonds. The fourth-order valence-corrected chi connectivity index (χ4v) is 13.7. The van der Waals surface area contributed by atoms with Gasteiger partial charge in [0.25, 0.3) is 16.7 Å². The zero-order valence-electron chi connectivity index (χ0n) is 59.3. The Labute approximate surface area is 646 Å². The largest absolute Gasteiger partial charge is 0.573 e. The van der Waals surface area contributed by atoms with Gasteiger partial charge >= 0.3 is 48.2 Å². The number of benzene rings is 6. The first-order valence-corrected chi connectivity index (χ1v) is 35.7. The van der Waals surface area contributed by atoms with Crippen molar-refractivity contribution in [2.45, 2.75) is 115 Å². The van der Waals surface area contributed by atoms with Crippen LogP contribution in [0.1, 0.15) is 87.2 Å². The Balaban J connectivity index is 0.000000147. The molecule has 3 saturated carbocycles. The number of aromatic hydroxyl groups is 1. The minimum atomic E-state index is -4.89. The molecular weight excluding hydrogens is 1580 g/mol. The van der Waals surface area contributed by atoms with Crippen molar-refractivity contribution in [3.05, 3.63) is 245 Å². The highest BCUT2D eigenvalue weighted by Crippen LogP contribution is 2.39. The zero-order chi connectivity index (χ0) is 80.7. The molecule has 0 saturated heterocycles. The van der Waals surface area contributed by atoms with Gasteiger partial charge in [0, 0.05) is 72.5 Å². The number of aliphatic hydroxyl groups is 1. The number of hydrogen-bond acceptors (Lipinski definition) is 16. The molecule has 0 radical (unpaired) electrons. The SMILES string of the molecule is CC1CC(n2c(=O)c3c(nc(Cl)n3Cc3ccc(Cl)cc3)n(C)c2=O)C1.CC1CC(n2c(=O)c3c(nc(Oc4cccc(OC(F)(F)F)c4)n3Cc3ccc(Cl)cc3)n(C)c2=O)C1.Cn1c(=O)n(C2CC(O)C2)c(=O)c2c1nc(Oc1cccc(OC(F)(F)F)c1)n2Cc1ccc(Cl)cc1.Oc1cccc(OC(F)(F)F)c1. The van der Waals surface area contributed by atoms with Gasteiger partial charge in [-0.15, -0.1) is 39.5 Å². The molecule has 0 unspecified atom stereocenters. The van der Waals surface area contributed by atoms with Crippen LogP contribution in [0.2, 0.25) is 20.4 Å². The molecule has 0 atom stereocenters. The molecule has 2 N–H and O–H groups in total. The monoisotopic (exact) mass is 1640 g/mol. The van der Waals surface area contributed by atoms with Crippen molar-refractivity contribution in [3.63, 3.8) is 0 Å². The van der Waals surface area contributed by atoms with Crippen molar-refractivity contribution in [2.75, 3.05) is 0 Å². The number of aryl methyl sites for hydroxylation is 3. The molecule has 0 bridgehead atoms. The summed E-state index contributed by atoms with van der Waals surface area (Å²) < 4.78 is 146. The summed E-state index contributed by atoms with van der Waals surface area (Å²) in [7, 11) is 4.60. The van der Waals surface area contributed by atoms with Crippen LogP contribution in [-0.4, -0.2) is 91.5 Å². The first kappa shape index (κ1) is 80.6. The van der Waals surface area contributed by atoms with Crippen LogP contribution in [0, 0.1) is 11.8 Å². The fraction of sp³-hybridized carbons (Fsp3) is 0.311. The maximum absolute atomic E-state index is 13.7. The lowest BCUT2D eigenvalue weighted by molar-refractivity contribution is -0.275. The summed E-state index contributed by atoms with van der Waals surface area (Å²) >= 11 is 24.3. The van der Waals surface area contributed by atoms with Crippen molar-refractivity contribution < 1.29 is 73.4 Å². The topological polar surface area (TPSA) is 272 Å². The molecule has 6 aromatic carbocycles. The first-order valence-electron chi connectivity index (χ1n) is 34.2. The Kier molecular flexibility index (Phi) is 23.3. The lowest BCUT2D eigenvalue weighted by Crippen LogP contribution is -2.47. The second-order valence-electron chi connectivity index (χ2n) is 26.9. The van der Waals surface area contributed by atoms with Gasteiger partial charge in [0.05, 0.1) is 25.7 Å². The number of rotatable bonds is 16. The Bertz CT molecular complexity index is 5640. The van der Waals surface area contributed by atoms with E-state index in [1.807, 2.05) is 12.1 Å². The van der Waals surface area contributed by atoms with Crippen LogP contribution in [0.4, 0.5) is 39.5 Å². The number of alkyl halides is 9. The van der Waals surface area contributed by atoms with Crippen LogP contribution in [-0.2, 0) is 40.8 Å². The van der Waals surface area contributed by atoms with Gasteiger partial charge in [0.1, 0.15) is 34.5 Å². The summed E-state index contributed by atoms with van der Waals surface area (Å²) in [6, 6.07) is 34.4. The molecule has 0 spiro atoms. The molecule has 3 aliphatic rings. The fourth-order valence-electron chi connectivity index (χ4n) is 13.1. The van der Waals surface area contributed by atoms with Crippen LogP contribution in [0.3, 0.4) is 0 Å². The molecule has 6 aromatic heterocycles. The highest BCUT2D eigenvalue weighted by molar-refractivity contribution is 6.31. The van der Waals surface area contributed by atoms with E-state index in [4.69, 9.17) is 61.0 Å². The smallest absolute Gasteiger partial charge is 0.508 e. The lowest BCUT2D eigenvalue weighted by Gasteiger charge is -2.33. The van der Waals surface area contributed by atoms with E-state index >= 15 is 0 Å². The highest BCUT2D eigenvalue weighted by Gasteiger charge is 2.38. The van der Waals surface area contributed by atoms with Crippen LogP contribution in [0.5, 0.6) is 46.5 Å². The van der Waals surface area contributed by atoms with Crippen molar-refractivity contribution in [2.24, 2.45) is 33.0 Å². The summed E-state index contributed by atoms with van der Waals surface area (Å²) in [5.74, 6) is -0.757. The van der Waals surface area contributed by atoms with Gasteiger partial charge in [0.2, 0.25) is 5.28 Å². The molecule has 6 heterocycles. The van der Waals surface area contributed by atoms with Gasteiger partial charge in [-0.05, 0) is 151 Å². The summed E-state index contributed by atoms with van der Waals surface area (Å²) in [5, 5.41) is 20.3. The average molecular weight is 1640 g/mol. The predicted octanol–water partition coefficient (Wildman–Crippen LogP) is 14.8. The van der Waals surface area contributed by atoms with Gasteiger partial charge < -0.3 is 38.5 Å². The van der Waals surface area contributed by atoms with E-state index in [-0.39, 0.29) is 106 Å². The summed E-state index contributed by atoms with van der Waals surface area (Å²) in [6.45, 7) is 4.77. The Morgan fingerprint density at radius 2 is 0.705 bits per heavy atom. The van der Waals surface area contributed by atoms with Gasteiger partial charge in [-0.2, -0.15) is 15.0 Å². The third-order valence-corrected chi connectivity index (χ3v) is 19.7. The van der Waals surface area contributed by atoms with E-state index in [0.29, 0.717) is 57.5 Å². The van der Waals surface area contributed by atoms with E-state index in [1.165, 1.54) is 82.5 Å². The van der Waals surface area contributed by atoms with Crippen LogP contribution < -0.4 is 57.4 Å². The number of halogens is 13. The number of imidazole rings is 3. The number of nitrogens with zero attached hydrogens (tertiary/aromatic N) is 12. The van der Waals surface area contributed by atoms with E-state index in [2.05, 4.69) is 43.0 Å². The van der Waals surface area contributed by atoms with Gasteiger partial charge in [0.15, 0.2) is 33.5 Å². The van der Waals surface area contributed by atoms with Crippen molar-refractivity contribution in [3.8, 4) is 46.5 Å². The van der Waals surface area contributed by atoms with Crippen molar-refractivity contribution in [1.29, 1.82) is 0 Å². The normalized spacial score (nSPS) is 17.4. The Morgan fingerprint density at radius 1 is 0.411 bits per heavy atom. The van der Waals surface area contributed by atoms with Crippen LogP contribution in [0.25, 0.3) is 33.5 Å². The van der Waals surface area contributed by atoms with Crippen LogP contribution >= 0.6 is 46.4 Å². The summed E-state index contributed by atoms with van der Waals surface area (Å²) in [6.07, 6.45) is -11.5. The second-order valence-corrected chi connectivity index (χ2v) is 28.6. The van der Waals surface area contributed by atoms with Gasteiger partial charge in [-0.3, -0.25) is 50.9 Å². The number of hydrogen-bond donors (Lipinski definition) is 2.